The number of ether oxygens (including phenoxy) is 1. The Hall–Kier alpha value is -2.12. The zero-order valence-electron chi connectivity index (χ0n) is 15.3. The molecule has 2 N–H and O–H groups in total. The van der Waals surface area contributed by atoms with E-state index >= 15 is 0 Å². The predicted octanol–water partition coefficient (Wildman–Crippen LogP) is 0.801. The van der Waals surface area contributed by atoms with Gasteiger partial charge in [0, 0.05) is 6.04 Å². The van der Waals surface area contributed by atoms with Crippen LogP contribution in [0.3, 0.4) is 0 Å². The summed E-state index contributed by atoms with van der Waals surface area (Å²) in [5, 5.41) is 5.38. The smallest absolute Gasteiger partial charge is 0.326 e. The van der Waals surface area contributed by atoms with E-state index in [2.05, 4.69) is 24.5 Å². The summed E-state index contributed by atoms with van der Waals surface area (Å²) in [6.07, 6.45) is 3.14. The minimum Gasteiger partial charge on any atom is -0.454 e. The fourth-order valence-corrected chi connectivity index (χ4v) is 3.32. The molecule has 1 saturated heterocycles. The zero-order chi connectivity index (χ0) is 18.8. The molecule has 3 unspecified atom stereocenters. The van der Waals surface area contributed by atoms with Crippen molar-refractivity contribution >= 4 is 23.8 Å². The van der Waals surface area contributed by atoms with Gasteiger partial charge in [-0.05, 0) is 32.1 Å². The molecule has 25 heavy (non-hydrogen) atoms. The molecule has 8 nitrogen and oxygen atoms in total. The number of carbonyl (C=O) groups excluding carboxylic acids is 4. The predicted molar refractivity (Wildman–Crippen MR) is 89.4 cm³/mol. The van der Waals surface area contributed by atoms with Crippen molar-refractivity contribution in [3.63, 3.8) is 0 Å². The summed E-state index contributed by atoms with van der Waals surface area (Å²) >= 11 is 0. The van der Waals surface area contributed by atoms with Gasteiger partial charge in [0.25, 0.3) is 11.8 Å². The Balaban J connectivity index is 1.77. The van der Waals surface area contributed by atoms with Gasteiger partial charge in [0.15, 0.2) is 6.61 Å². The van der Waals surface area contributed by atoms with Gasteiger partial charge in [-0.2, -0.15) is 0 Å². The molecule has 4 amide bonds. The normalized spacial score (nSPS) is 28.5. The first-order chi connectivity index (χ1) is 11.6. The minimum absolute atomic E-state index is 0.0849. The maximum atomic E-state index is 12.0. The highest BCUT2D eigenvalue weighted by Crippen LogP contribution is 2.29. The van der Waals surface area contributed by atoms with Crippen LogP contribution in [-0.2, 0) is 19.1 Å². The van der Waals surface area contributed by atoms with Crippen molar-refractivity contribution in [2.45, 2.75) is 58.5 Å². The van der Waals surface area contributed by atoms with Crippen molar-refractivity contribution in [3.8, 4) is 0 Å². The van der Waals surface area contributed by atoms with Crippen molar-refractivity contribution in [1.29, 1.82) is 0 Å². The molecule has 2 rings (SSSR count). The molecular formula is C17H27N3O5. The SMILES string of the molecule is CC1CCCC(NC(=O)COC(=O)CN2C(=O)NC(C)(C)C2=O)C1C. The molecule has 0 aromatic carbocycles. The second-order valence-electron chi connectivity index (χ2n) is 7.55. The van der Waals surface area contributed by atoms with E-state index in [0.29, 0.717) is 11.8 Å². The molecular weight excluding hydrogens is 326 g/mol. The van der Waals surface area contributed by atoms with Gasteiger partial charge >= 0.3 is 12.0 Å². The number of amides is 4. The van der Waals surface area contributed by atoms with Crippen LogP contribution in [0.25, 0.3) is 0 Å². The van der Waals surface area contributed by atoms with Crippen LogP contribution in [0.2, 0.25) is 0 Å². The molecule has 0 bridgehead atoms. The lowest BCUT2D eigenvalue weighted by Crippen LogP contribution is -2.45. The molecule has 0 spiro atoms. The molecule has 1 aliphatic carbocycles. The van der Waals surface area contributed by atoms with Gasteiger partial charge in [-0.25, -0.2) is 4.79 Å². The Morgan fingerprint density at radius 1 is 1.28 bits per heavy atom. The third kappa shape index (κ3) is 4.49. The summed E-state index contributed by atoms with van der Waals surface area (Å²) in [6, 6.07) is -0.553. The van der Waals surface area contributed by atoms with E-state index < -0.39 is 36.6 Å². The lowest BCUT2D eigenvalue weighted by atomic mass is 9.78. The van der Waals surface area contributed by atoms with Crippen LogP contribution >= 0.6 is 0 Å². The van der Waals surface area contributed by atoms with E-state index in [1.165, 1.54) is 0 Å². The molecule has 140 valence electrons. The monoisotopic (exact) mass is 353 g/mol. The molecule has 1 heterocycles. The van der Waals surface area contributed by atoms with Crippen LogP contribution in [0.15, 0.2) is 0 Å². The summed E-state index contributed by atoms with van der Waals surface area (Å²) < 4.78 is 4.91. The van der Waals surface area contributed by atoms with Crippen molar-refractivity contribution in [2.75, 3.05) is 13.2 Å². The van der Waals surface area contributed by atoms with E-state index in [4.69, 9.17) is 4.74 Å². The van der Waals surface area contributed by atoms with Crippen LogP contribution in [0.4, 0.5) is 4.79 Å². The standard InChI is InChI=1S/C17H27N3O5/c1-10-6-5-7-12(11(10)2)18-13(21)9-25-14(22)8-20-15(23)17(3,4)19-16(20)24/h10-12H,5-9H2,1-4H3,(H,18,21)(H,19,24). The largest absolute Gasteiger partial charge is 0.454 e. The van der Waals surface area contributed by atoms with E-state index in [9.17, 15) is 19.2 Å². The lowest BCUT2D eigenvalue weighted by molar-refractivity contribution is -0.151. The Kier molecular flexibility index (Phi) is 5.69. The van der Waals surface area contributed by atoms with Crippen molar-refractivity contribution in [2.24, 2.45) is 11.8 Å². The number of carbonyl (C=O) groups is 4. The summed E-state index contributed by atoms with van der Waals surface area (Å²) in [6.45, 7) is 6.47. The zero-order valence-corrected chi connectivity index (χ0v) is 15.3. The fraction of sp³-hybridized carbons (Fsp3) is 0.765. The number of nitrogens with zero attached hydrogens (tertiary/aromatic N) is 1. The molecule has 2 aliphatic rings. The Labute approximate surface area is 147 Å². The van der Waals surface area contributed by atoms with Gasteiger partial charge in [0.05, 0.1) is 0 Å². The number of hydrogen-bond donors (Lipinski definition) is 2. The van der Waals surface area contributed by atoms with Gasteiger partial charge < -0.3 is 15.4 Å². The van der Waals surface area contributed by atoms with Gasteiger partial charge in [0.1, 0.15) is 12.1 Å². The van der Waals surface area contributed by atoms with Crippen LogP contribution in [0, 0.1) is 11.8 Å². The van der Waals surface area contributed by atoms with Crippen molar-refractivity contribution in [3.05, 3.63) is 0 Å². The van der Waals surface area contributed by atoms with Crippen LogP contribution in [0.5, 0.6) is 0 Å². The highest BCUT2D eigenvalue weighted by Gasteiger charge is 2.45. The maximum Gasteiger partial charge on any atom is 0.326 e. The summed E-state index contributed by atoms with van der Waals surface area (Å²) in [5.74, 6) is -0.728. The molecule has 1 saturated carbocycles. The second-order valence-corrected chi connectivity index (χ2v) is 7.55. The van der Waals surface area contributed by atoms with E-state index in [1.807, 2.05) is 0 Å². The van der Waals surface area contributed by atoms with Crippen LogP contribution in [0.1, 0.15) is 47.0 Å². The van der Waals surface area contributed by atoms with Gasteiger partial charge in [-0.1, -0.05) is 26.7 Å². The minimum atomic E-state index is -1.04. The summed E-state index contributed by atoms with van der Waals surface area (Å²) in [5.41, 5.74) is -1.04. The van der Waals surface area contributed by atoms with Crippen LogP contribution in [-0.4, -0.2) is 53.4 Å². The molecule has 0 radical (unpaired) electrons. The second kappa shape index (κ2) is 7.41. The van der Waals surface area contributed by atoms with Crippen LogP contribution < -0.4 is 10.6 Å². The Bertz CT molecular complexity index is 575. The highest BCUT2D eigenvalue weighted by molar-refractivity contribution is 6.08. The highest BCUT2D eigenvalue weighted by atomic mass is 16.5. The van der Waals surface area contributed by atoms with Crippen molar-refractivity contribution < 1.29 is 23.9 Å². The first kappa shape index (κ1) is 19.2. The summed E-state index contributed by atoms with van der Waals surface area (Å²) in [4.78, 5) is 48.3. The topological polar surface area (TPSA) is 105 Å². The average Bonchev–Trinajstić information content (AvgIpc) is 2.72. The molecule has 3 atom stereocenters. The molecule has 1 aliphatic heterocycles. The Morgan fingerprint density at radius 3 is 2.56 bits per heavy atom. The lowest BCUT2D eigenvalue weighted by Gasteiger charge is -2.34. The number of hydrogen-bond acceptors (Lipinski definition) is 5. The van der Waals surface area contributed by atoms with Gasteiger partial charge in [-0.3, -0.25) is 19.3 Å². The average molecular weight is 353 g/mol. The van der Waals surface area contributed by atoms with Gasteiger partial charge in [-0.15, -0.1) is 0 Å². The van der Waals surface area contributed by atoms with E-state index in [0.717, 1.165) is 24.2 Å². The van der Waals surface area contributed by atoms with Gasteiger partial charge in [0.2, 0.25) is 0 Å². The number of imide groups is 1. The first-order valence-electron chi connectivity index (χ1n) is 8.71. The number of rotatable bonds is 5. The molecule has 2 fully saturated rings. The number of esters is 1. The Morgan fingerprint density at radius 2 is 1.96 bits per heavy atom. The number of nitrogens with one attached hydrogen (secondary N) is 2. The van der Waals surface area contributed by atoms with Crippen molar-refractivity contribution in [1.82, 2.24) is 15.5 Å². The quantitative estimate of drug-likeness (QED) is 0.562. The third-order valence-electron chi connectivity index (χ3n) is 5.15. The van der Waals surface area contributed by atoms with E-state index in [-0.39, 0.29) is 11.9 Å². The summed E-state index contributed by atoms with van der Waals surface area (Å²) in [7, 11) is 0. The molecule has 8 heteroatoms. The third-order valence-corrected chi connectivity index (χ3v) is 5.15. The van der Waals surface area contributed by atoms with E-state index in [1.54, 1.807) is 13.8 Å². The fourth-order valence-electron chi connectivity index (χ4n) is 3.32. The first-order valence-corrected chi connectivity index (χ1v) is 8.71. The maximum absolute atomic E-state index is 12.0. The molecule has 0 aromatic heterocycles. The number of urea groups is 1. The molecule has 0 aromatic rings.